The third-order valence-corrected chi connectivity index (χ3v) is 2.47. The molecule has 0 radical (unpaired) electrons. The molecule has 2 heterocycles. The number of aromatic nitrogens is 2. The Bertz CT molecular complexity index is 440. The molecule has 0 saturated carbocycles. The number of carbonyl (C=O) groups excluding carboxylic acids is 2. The van der Waals surface area contributed by atoms with Gasteiger partial charge in [0.05, 0.1) is 19.6 Å². The fraction of sp³-hybridized carbons (Fsp3) is 0.556. The summed E-state index contributed by atoms with van der Waals surface area (Å²) in [7, 11) is 0. The standard InChI is InChI=1S/C9H13N5O4/c10-12-8(16)9-11-6(13-18-9)5-7(15)14-1-3-17-4-2-14/h1-5,10H2,(H,12,16). The maximum absolute atomic E-state index is 11.8. The molecule has 3 N–H and O–H groups in total. The highest BCUT2D eigenvalue weighted by Crippen LogP contribution is 2.03. The predicted molar refractivity (Wildman–Crippen MR) is 57.1 cm³/mol. The monoisotopic (exact) mass is 255 g/mol. The van der Waals surface area contributed by atoms with E-state index in [0.717, 1.165) is 0 Å². The van der Waals surface area contributed by atoms with Crippen LogP contribution in [0.15, 0.2) is 4.52 Å². The summed E-state index contributed by atoms with van der Waals surface area (Å²) in [4.78, 5) is 28.3. The summed E-state index contributed by atoms with van der Waals surface area (Å²) in [5.74, 6) is 4.00. The van der Waals surface area contributed by atoms with Crippen molar-refractivity contribution in [3.8, 4) is 0 Å². The third kappa shape index (κ3) is 2.81. The van der Waals surface area contributed by atoms with Gasteiger partial charge in [0.15, 0.2) is 5.82 Å². The molecule has 1 aromatic heterocycles. The highest BCUT2D eigenvalue weighted by Gasteiger charge is 2.20. The number of hydrogen-bond acceptors (Lipinski definition) is 7. The number of nitrogens with one attached hydrogen (secondary N) is 1. The number of nitrogen functional groups attached to an aromatic ring is 1. The van der Waals surface area contributed by atoms with Crippen LogP contribution >= 0.6 is 0 Å². The Morgan fingerprint density at radius 3 is 2.78 bits per heavy atom. The lowest BCUT2D eigenvalue weighted by Crippen LogP contribution is -2.41. The molecule has 1 aliphatic rings. The molecule has 0 aliphatic carbocycles. The quantitative estimate of drug-likeness (QED) is 0.366. The van der Waals surface area contributed by atoms with Gasteiger partial charge in [0.2, 0.25) is 5.91 Å². The molecule has 1 aliphatic heterocycles. The maximum Gasteiger partial charge on any atom is 0.323 e. The van der Waals surface area contributed by atoms with E-state index < -0.39 is 5.91 Å². The SMILES string of the molecule is NNC(=O)c1nc(CC(=O)N2CCOCC2)no1. The fourth-order valence-electron chi connectivity index (χ4n) is 1.54. The number of amides is 2. The van der Waals surface area contributed by atoms with E-state index in [4.69, 9.17) is 10.6 Å². The van der Waals surface area contributed by atoms with Gasteiger partial charge in [-0.05, 0) is 0 Å². The molecule has 0 unspecified atom stereocenters. The minimum absolute atomic E-state index is 0.0125. The van der Waals surface area contributed by atoms with Crippen molar-refractivity contribution < 1.29 is 18.8 Å². The molecule has 1 aromatic rings. The van der Waals surface area contributed by atoms with E-state index in [1.807, 2.05) is 5.43 Å². The molecular weight excluding hydrogens is 242 g/mol. The first-order valence-corrected chi connectivity index (χ1v) is 5.39. The minimum atomic E-state index is -0.687. The van der Waals surface area contributed by atoms with Crippen LogP contribution in [0.25, 0.3) is 0 Å². The van der Waals surface area contributed by atoms with Crippen molar-refractivity contribution >= 4 is 11.8 Å². The average molecular weight is 255 g/mol. The lowest BCUT2D eigenvalue weighted by Gasteiger charge is -2.26. The van der Waals surface area contributed by atoms with Crippen molar-refractivity contribution in [2.24, 2.45) is 5.84 Å². The summed E-state index contributed by atoms with van der Waals surface area (Å²) in [5.41, 5.74) is 1.86. The lowest BCUT2D eigenvalue weighted by atomic mass is 10.3. The molecule has 0 spiro atoms. The van der Waals surface area contributed by atoms with Crippen molar-refractivity contribution in [2.45, 2.75) is 6.42 Å². The molecule has 0 aromatic carbocycles. The zero-order chi connectivity index (χ0) is 13.0. The van der Waals surface area contributed by atoms with Crippen LogP contribution in [0.3, 0.4) is 0 Å². The van der Waals surface area contributed by atoms with Crippen molar-refractivity contribution in [1.82, 2.24) is 20.5 Å². The topological polar surface area (TPSA) is 124 Å². The number of ether oxygens (including phenoxy) is 1. The normalized spacial score (nSPS) is 15.5. The number of morpholine rings is 1. The van der Waals surface area contributed by atoms with Gasteiger partial charge in [0.25, 0.3) is 0 Å². The zero-order valence-electron chi connectivity index (χ0n) is 9.59. The van der Waals surface area contributed by atoms with E-state index in [1.54, 1.807) is 4.90 Å². The molecule has 0 atom stereocenters. The van der Waals surface area contributed by atoms with Crippen molar-refractivity contribution in [3.63, 3.8) is 0 Å². The van der Waals surface area contributed by atoms with Gasteiger partial charge in [0, 0.05) is 13.1 Å². The number of nitrogens with zero attached hydrogens (tertiary/aromatic N) is 3. The van der Waals surface area contributed by atoms with Crippen molar-refractivity contribution in [2.75, 3.05) is 26.3 Å². The first kappa shape index (κ1) is 12.5. The van der Waals surface area contributed by atoms with Gasteiger partial charge in [-0.1, -0.05) is 5.16 Å². The molecule has 1 fully saturated rings. The Hall–Kier alpha value is -2.00. The van der Waals surface area contributed by atoms with Crippen LogP contribution < -0.4 is 11.3 Å². The minimum Gasteiger partial charge on any atom is -0.378 e. The molecule has 18 heavy (non-hydrogen) atoms. The van der Waals surface area contributed by atoms with Crippen LogP contribution in [0.2, 0.25) is 0 Å². The van der Waals surface area contributed by atoms with Gasteiger partial charge in [-0.25, -0.2) is 5.84 Å². The highest BCUT2D eigenvalue weighted by molar-refractivity contribution is 5.89. The van der Waals surface area contributed by atoms with E-state index in [1.165, 1.54) is 0 Å². The first-order valence-electron chi connectivity index (χ1n) is 5.39. The summed E-state index contributed by atoms with van der Waals surface area (Å²) in [6, 6.07) is 0. The average Bonchev–Trinajstić information content (AvgIpc) is 2.87. The third-order valence-electron chi connectivity index (χ3n) is 2.47. The second-order valence-electron chi connectivity index (χ2n) is 3.66. The van der Waals surface area contributed by atoms with Crippen LogP contribution in [0.5, 0.6) is 0 Å². The highest BCUT2D eigenvalue weighted by atomic mass is 16.5. The Balaban J connectivity index is 1.94. The number of nitrogens with two attached hydrogens (primary N) is 1. The van der Waals surface area contributed by atoms with Crippen LogP contribution in [0, 0.1) is 0 Å². The summed E-state index contributed by atoms with van der Waals surface area (Å²) >= 11 is 0. The molecule has 1 saturated heterocycles. The number of carbonyl (C=O) groups is 2. The summed E-state index contributed by atoms with van der Waals surface area (Å²) in [5, 5.41) is 3.54. The second-order valence-corrected chi connectivity index (χ2v) is 3.66. The van der Waals surface area contributed by atoms with Crippen LogP contribution in [0.1, 0.15) is 16.5 Å². The maximum atomic E-state index is 11.8. The summed E-state index contributed by atoms with van der Waals surface area (Å²) in [6.07, 6.45) is -0.0125. The predicted octanol–water partition coefficient (Wildman–Crippen LogP) is -1.93. The van der Waals surface area contributed by atoms with E-state index >= 15 is 0 Å². The first-order chi connectivity index (χ1) is 8.70. The molecular formula is C9H13N5O4. The van der Waals surface area contributed by atoms with E-state index in [9.17, 15) is 9.59 Å². The fourth-order valence-corrected chi connectivity index (χ4v) is 1.54. The van der Waals surface area contributed by atoms with Gasteiger partial charge < -0.3 is 14.2 Å². The molecule has 0 bridgehead atoms. The molecule has 9 heteroatoms. The molecule has 9 nitrogen and oxygen atoms in total. The number of hydrogen-bond donors (Lipinski definition) is 2. The van der Waals surface area contributed by atoms with Crippen LogP contribution in [-0.2, 0) is 16.0 Å². The van der Waals surface area contributed by atoms with Gasteiger partial charge >= 0.3 is 11.8 Å². The Morgan fingerprint density at radius 2 is 2.11 bits per heavy atom. The van der Waals surface area contributed by atoms with Crippen molar-refractivity contribution in [3.05, 3.63) is 11.7 Å². The summed E-state index contributed by atoms with van der Waals surface area (Å²) < 4.78 is 9.80. The zero-order valence-corrected chi connectivity index (χ0v) is 9.59. The Kier molecular flexibility index (Phi) is 3.85. The van der Waals surface area contributed by atoms with Crippen molar-refractivity contribution in [1.29, 1.82) is 0 Å². The Labute approximate surface area is 102 Å². The Morgan fingerprint density at radius 1 is 1.39 bits per heavy atom. The van der Waals surface area contributed by atoms with Gasteiger partial charge in [0.1, 0.15) is 0 Å². The van der Waals surface area contributed by atoms with E-state index in [-0.39, 0.29) is 24.0 Å². The molecule has 2 amide bonds. The number of rotatable bonds is 3. The molecule has 98 valence electrons. The van der Waals surface area contributed by atoms with Gasteiger partial charge in [-0.15, -0.1) is 0 Å². The number of hydrazine groups is 1. The van der Waals surface area contributed by atoms with Crippen LogP contribution in [-0.4, -0.2) is 53.2 Å². The molecule has 2 rings (SSSR count). The summed E-state index contributed by atoms with van der Waals surface area (Å²) in [6.45, 7) is 2.15. The lowest BCUT2D eigenvalue weighted by molar-refractivity contribution is -0.134. The van der Waals surface area contributed by atoms with Gasteiger partial charge in [-0.2, -0.15) is 4.98 Å². The van der Waals surface area contributed by atoms with E-state index in [0.29, 0.717) is 26.3 Å². The second kappa shape index (κ2) is 5.56. The van der Waals surface area contributed by atoms with Gasteiger partial charge in [-0.3, -0.25) is 15.0 Å². The largest absolute Gasteiger partial charge is 0.378 e. The van der Waals surface area contributed by atoms with E-state index in [2.05, 4.69) is 14.7 Å². The van der Waals surface area contributed by atoms with Crippen LogP contribution in [0.4, 0.5) is 0 Å². The smallest absolute Gasteiger partial charge is 0.323 e.